The molecule has 2 rings (SSSR count). The Morgan fingerprint density at radius 1 is 1.32 bits per heavy atom. The monoisotopic (exact) mass is 258 g/mol. The number of pyridine rings is 1. The summed E-state index contributed by atoms with van der Waals surface area (Å²) < 4.78 is 1.94. The van der Waals surface area contributed by atoms with Gasteiger partial charge >= 0.3 is 0 Å². The summed E-state index contributed by atoms with van der Waals surface area (Å²) in [4.78, 5) is 4.36. The number of nitrogens with one attached hydrogen (secondary N) is 1. The molecule has 0 saturated carbocycles. The first-order valence-corrected chi connectivity index (χ1v) is 6.90. The van der Waals surface area contributed by atoms with Crippen molar-refractivity contribution in [2.75, 3.05) is 6.54 Å². The molecule has 2 aromatic heterocycles. The van der Waals surface area contributed by atoms with Crippen molar-refractivity contribution < 1.29 is 0 Å². The summed E-state index contributed by atoms with van der Waals surface area (Å²) in [5.74, 6) is 1.55. The summed E-state index contributed by atoms with van der Waals surface area (Å²) >= 11 is 0. The average molecular weight is 258 g/mol. The van der Waals surface area contributed by atoms with Crippen LogP contribution in [0.3, 0.4) is 0 Å². The SMILES string of the molecule is CCc1c(CNCC(C)C)cnn1-c1ccccn1. The van der Waals surface area contributed by atoms with Crippen molar-refractivity contribution in [1.82, 2.24) is 20.1 Å². The van der Waals surface area contributed by atoms with Gasteiger partial charge in [-0.1, -0.05) is 26.8 Å². The van der Waals surface area contributed by atoms with Crippen LogP contribution in [0, 0.1) is 5.92 Å². The highest BCUT2D eigenvalue weighted by Crippen LogP contribution is 2.14. The third-order valence-electron chi connectivity index (χ3n) is 3.02. The lowest BCUT2D eigenvalue weighted by Gasteiger charge is -2.09. The molecule has 0 aliphatic carbocycles. The van der Waals surface area contributed by atoms with E-state index >= 15 is 0 Å². The van der Waals surface area contributed by atoms with Crippen molar-refractivity contribution in [2.24, 2.45) is 5.92 Å². The van der Waals surface area contributed by atoms with E-state index in [1.54, 1.807) is 6.20 Å². The van der Waals surface area contributed by atoms with Crippen molar-refractivity contribution in [2.45, 2.75) is 33.7 Å². The van der Waals surface area contributed by atoms with Crippen LogP contribution in [0.15, 0.2) is 30.6 Å². The Bertz CT molecular complexity index is 502. The fourth-order valence-corrected chi connectivity index (χ4v) is 2.10. The van der Waals surface area contributed by atoms with Crippen molar-refractivity contribution >= 4 is 0 Å². The highest BCUT2D eigenvalue weighted by atomic mass is 15.3. The molecular weight excluding hydrogens is 236 g/mol. The molecule has 0 aromatic carbocycles. The van der Waals surface area contributed by atoms with Crippen LogP contribution in [0.5, 0.6) is 0 Å². The molecule has 0 aliphatic rings. The summed E-state index contributed by atoms with van der Waals surface area (Å²) in [5.41, 5.74) is 2.49. The number of nitrogens with zero attached hydrogens (tertiary/aromatic N) is 3. The maximum Gasteiger partial charge on any atom is 0.153 e. The zero-order valence-electron chi connectivity index (χ0n) is 11.9. The second-order valence-corrected chi connectivity index (χ2v) is 5.09. The normalized spacial score (nSPS) is 11.2. The molecular formula is C15H22N4. The van der Waals surface area contributed by atoms with Crippen molar-refractivity contribution in [3.8, 4) is 5.82 Å². The summed E-state index contributed by atoms with van der Waals surface area (Å²) in [6.07, 6.45) is 4.70. The van der Waals surface area contributed by atoms with Crippen molar-refractivity contribution in [3.63, 3.8) is 0 Å². The van der Waals surface area contributed by atoms with E-state index in [0.717, 1.165) is 25.3 Å². The molecule has 4 heteroatoms. The lowest BCUT2D eigenvalue weighted by molar-refractivity contribution is 0.551. The van der Waals surface area contributed by atoms with E-state index in [-0.39, 0.29) is 0 Å². The molecule has 0 bridgehead atoms. The quantitative estimate of drug-likeness (QED) is 0.866. The first-order chi connectivity index (χ1) is 9.22. The van der Waals surface area contributed by atoms with E-state index in [4.69, 9.17) is 0 Å². The smallest absolute Gasteiger partial charge is 0.153 e. The molecule has 0 radical (unpaired) electrons. The molecule has 2 aromatic rings. The number of hydrogen-bond donors (Lipinski definition) is 1. The predicted molar refractivity (Wildman–Crippen MR) is 77.3 cm³/mol. The molecule has 0 fully saturated rings. The Morgan fingerprint density at radius 2 is 2.16 bits per heavy atom. The first kappa shape index (κ1) is 13.7. The Morgan fingerprint density at radius 3 is 2.79 bits per heavy atom. The van der Waals surface area contributed by atoms with E-state index in [1.807, 2.05) is 29.1 Å². The van der Waals surface area contributed by atoms with Crippen LogP contribution >= 0.6 is 0 Å². The minimum Gasteiger partial charge on any atom is -0.312 e. The molecule has 0 atom stereocenters. The fourth-order valence-electron chi connectivity index (χ4n) is 2.10. The number of rotatable bonds is 6. The van der Waals surface area contributed by atoms with Gasteiger partial charge in [0.05, 0.1) is 11.9 Å². The highest BCUT2D eigenvalue weighted by molar-refractivity contribution is 5.28. The topological polar surface area (TPSA) is 42.7 Å². The van der Waals surface area contributed by atoms with Gasteiger partial charge in [0.15, 0.2) is 5.82 Å². The molecule has 0 unspecified atom stereocenters. The van der Waals surface area contributed by atoms with Gasteiger partial charge in [0.2, 0.25) is 0 Å². The Hall–Kier alpha value is -1.68. The van der Waals surface area contributed by atoms with Gasteiger partial charge in [-0.15, -0.1) is 0 Å². The van der Waals surface area contributed by atoms with Gasteiger partial charge in [0, 0.05) is 18.3 Å². The largest absolute Gasteiger partial charge is 0.312 e. The van der Waals surface area contributed by atoms with Crippen LogP contribution in [0.1, 0.15) is 32.0 Å². The second-order valence-electron chi connectivity index (χ2n) is 5.09. The van der Waals surface area contributed by atoms with Gasteiger partial charge < -0.3 is 5.32 Å². The molecule has 102 valence electrons. The predicted octanol–water partition coefficient (Wildman–Crippen LogP) is 2.58. The molecule has 0 aliphatic heterocycles. The lowest BCUT2D eigenvalue weighted by Crippen LogP contribution is -2.19. The summed E-state index contributed by atoms with van der Waals surface area (Å²) in [7, 11) is 0. The van der Waals surface area contributed by atoms with Crippen LogP contribution < -0.4 is 5.32 Å². The zero-order valence-corrected chi connectivity index (χ0v) is 11.9. The van der Waals surface area contributed by atoms with Gasteiger partial charge in [0.1, 0.15) is 0 Å². The van der Waals surface area contributed by atoms with E-state index < -0.39 is 0 Å². The Balaban J connectivity index is 2.16. The van der Waals surface area contributed by atoms with Crippen LogP contribution in [0.4, 0.5) is 0 Å². The number of hydrogen-bond acceptors (Lipinski definition) is 3. The Labute approximate surface area is 114 Å². The fraction of sp³-hybridized carbons (Fsp3) is 0.467. The van der Waals surface area contributed by atoms with Gasteiger partial charge in [-0.2, -0.15) is 5.10 Å². The molecule has 2 heterocycles. The molecule has 4 nitrogen and oxygen atoms in total. The maximum absolute atomic E-state index is 4.47. The van der Waals surface area contributed by atoms with Crippen molar-refractivity contribution in [3.05, 3.63) is 41.9 Å². The standard InChI is InChI=1S/C15H22N4/c1-4-14-13(10-16-9-12(2)3)11-18-19(14)15-7-5-6-8-17-15/h5-8,11-12,16H,4,9-10H2,1-3H3. The van der Waals surface area contributed by atoms with Gasteiger partial charge in [-0.3, -0.25) is 0 Å². The van der Waals surface area contributed by atoms with Gasteiger partial charge in [0.25, 0.3) is 0 Å². The zero-order chi connectivity index (χ0) is 13.7. The third-order valence-corrected chi connectivity index (χ3v) is 3.02. The van der Waals surface area contributed by atoms with Crippen LogP contribution in [-0.2, 0) is 13.0 Å². The van der Waals surface area contributed by atoms with E-state index in [0.29, 0.717) is 5.92 Å². The summed E-state index contributed by atoms with van der Waals surface area (Å²) in [6.45, 7) is 8.48. The first-order valence-electron chi connectivity index (χ1n) is 6.90. The van der Waals surface area contributed by atoms with E-state index in [9.17, 15) is 0 Å². The Kier molecular flexibility index (Phi) is 4.68. The van der Waals surface area contributed by atoms with E-state index in [2.05, 4.69) is 36.2 Å². The molecule has 19 heavy (non-hydrogen) atoms. The van der Waals surface area contributed by atoms with Crippen LogP contribution in [-0.4, -0.2) is 21.3 Å². The molecule has 1 N–H and O–H groups in total. The molecule has 0 amide bonds. The van der Waals surface area contributed by atoms with Crippen molar-refractivity contribution in [1.29, 1.82) is 0 Å². The summed E-state index contributed by atoms with van der Waals surface area (Å²) in [6, 6.07) is 5.89. The highest BCUT2D eigenvalue weighted by Gasteiger charge is 2.10. The minimum absolute atomic E-state index is 0.663. The number of aromatic nitrogens is 3. The van der Waals surface area contributed by atoms with Crippen LogP contribution in [0.2, 0.25) is 0 Å². The van der Waals surface area contributed by atoms with Crippen LogP contribution in [0.25, 0.3) is 5.82 Å². The lowest BCUT2D eigenvalue weighted by atomic mass is 10.2. The maximum atomic E-state index is 4.47. The molecule has 0 spiro atoms. The summed E-state index contributed by atoms with van der Waals surface area (Å²) in [5, 5.41) is 7.94. The van der Waals surface area contributed by atoms with Gasteiger partial charge in [-0.05, 0) is 31.0 Å². The average Bonchev–Trinajstić information content (AvgIpc) is 2.82. The van der Waals surface area contributed by atoms with E-state index in [1.165, 1.54) is 11.3 Å². The minimum atomic E-state index is 0.663. The third kappa shape index (κ3) is 3.41. The molecule has 0 saturated heterocycles. The second kappa shape index (κ2) is 6.48. The van der Waals surface area contributed by atoms with Gasteiger partial charge in [-0.25, -0.2) is 9.67 Å².